The van der Waals surface area contributed by atoms with Crippen molar-refractivity contribution in [1.29, 1.82) is 0 Å². The smallest absolute Gasteiger partial charge is 0.335 e. The van der Waals surface area contributed by atoms with Crippen LogP contribution in [0.15, 0.2) is 45.9 Å². The van der Waals surface area contributed by atoms with Gasteiger partial charge < -0.3 is 5.11 Å². The van der Waals surface area contributed by atoms with Crippen LogP contribution >= 0.6 is 23.1 Å². The Morgan fingerprint density at radius 1 is 1.25 bits per heavy atom. The van der Waals surface area contributed by atoms with E-state index in [0.717, 1.165) is 25.7 Å². The molecule has 1 N–H and O–H groups in total. The Labute approximate surface area is 123 Å². The summed E-state index contributed by atoms with van der Waals surface area (Å²) in [4.78, 5) is 20.4. The van der Waals surface area contributed by atoms with Crippen LogP contribution in [0.1, 0.15) is 15.9 Å². The first kappa shape index (κ1) is 13.1. The van der Waals surface area contributed by atoms with Crippen molar-refractivity contribution in [3.05, 3.63) is 47.1 Å². The number of fused-ring (bicyclic) bond motifs is 1. The van der Waals surface area contributed by atoms with Gasteiger partial charge in [-0.05, 0) is 42.1 Å². The van der Waals surface area contributed by atoms with Crippen LogP contribution in [0.4, 0.5) is 0 Å². The summed E-state index contributed by atoms with van der Waals surface area (Å²) >= 11 is 3.15. The number of aromatic carboxylic acids is 1. The highest BCUT2D eigenvalue weighted by Crippen LogP contribution is 2.35. The third-order valence-corrected chi connectivity index (χ3v) is 5.05. The summed E-state index contributed by atoms with van der Waals surface area (Å²) in [5, 5.41) is 11.8. The second-order valence-electron chi connectivity index (χ2n) is 4.21. The fourth-order valence-corrected chi connectivity index (χ4v) is 3.74. The van der Waals surface area contributed by atoms with Crippen molar-refractivity contribution >= 4 is 39.3 Å². The van der Waals surface area contributed by atoms with Gasteiger partial charge in [0.2, 0.25) is 0 Å². The van der Waals surface area contributed by atoms with Crippen LogP contribution < -0.4 is 0 Å². The maximum Gasteiger partial charge on any atom is 0.335 e. The summed E-state index contributed by atoms with van der Waals surface area (Å²) in [6.07, 6.45) is 1.57. The lowest BCUT2D eigenvalue weighted by atomic mass is 10.2. The fraction of sp³-hybridized carbons (Fsp3) is 0.0714. The van der Waals surface area contributed by atoms with Gasteiger partial charge in [-0.3, -0.25) is 0 Å². The third kappa shape index (κ3) is 2.39. The highest BCUT2D eigenvalue weighted by Gasteiger charge is 2.10. The normalized spacial score (nSPS) is 10.8. The summed E-state index contributed by atoms with van der Waals surface area (Å²) in [6.45, 7) is 2.03. The predicted octanol–water partition coefficient (Wildman–Crippen LogP) is 3.85. The SMILES string of the molecule is Cc1csc2c(Sc3ccc(C(=O)O)cc3)ncnc12. The molecule has 0 aliphatic carbocycles. The number of carboxylic acids is 1. The van der Waals surface area contributed by atoms with Crippen molar-refractivity contribution in [2.75, 3.05) is 0 Å². The quantitative estimate of drug-likeness (QED) is 0.745. The number of aromatic nitrogens is 2. The molecule has 0 saturated carbocycles. The predicted molar refractivity (Wildman–Crippen MR) is 79.7 cm³/mol. The van der Waals surface area contributed by atoms with Crippen molar-refractivity contribution < 1.29 is 9.90 Å². The van der Waals surface area contributed by atoms with E-state index in [1.807, 2.05) is 6.92 Å². The molecule has 0 spiro atoms. The molecule has 2 aromatic heterocycles. The number of nitrogens with zero attached hydrogens (tertiary/aromatic N) is 2. The highest BCUT2D eigenvalue weighted by molar-refractivity contribution is 7.99. The minimum Gasteiger partial charge on any atom is -0.478 e. The summed E-state index contributed by atoms with van der Waals surface area (Å²) in [5.41, 5.74) is 2.42. The fourth-order valence-electron chi connectivity index (χ4n) is 1.80. The van der Waals surface area contributed by atoms with Gasteiger partial charge in [-0.15, -0.1) is 11.3 Å². The number of benzene rings is 1. The molecular formula is C14H10N2O2S2. The number of hydrogen-bond donors (Lipinski definition) is 1. The largest absolute Gasteiger partial charge is 0.478 e. The van der Waals surface area contributed by atoms with E-state index in [2.05, 4.69) is 15.3 Å². The van der Waals surface area contributed by atoms with Gasteiger partial charge >= 0.3 is 5.97 Å². The molecule has 0 radical (unpaired) electrons. The molecule has 3 aromatic rings. The Bertz CT molecular complexity index is 781. The van der Waals surface area contributed by atoms with Crippen LogP contribution in [0.5, 0.6) is 0 Å². The van der Waals surface area contributed by atoms with Crippen LogP contribution in [-0.4, -0.2) is 21.0 Å². The molecule has 2 heterocycles. The molecule has 0 bridgehead atoms. The van der Waals surface area contributed by atoms with E-state index < -0.39 is 5.97 Å². The lowest BCUT2D eigenvalue weighted by molar-refractivity contribution is 0.0697. The van der Waals surface area contributed by atoms with Gasteiger partial charge in [0.15, 0.2) is 0 Å². The Hall–Kier alpha value is -1.92. The van der Waals surface area contributed by atoms with E-state index in [4.69, 9.17) is 5.11 Å². The van der Waals surface area contributed by atoms with Crippen molar-refractivity contribution in [3.8, 4) is 0 Å². The molecule has 0 saturated heterocycles. The van der Waals surface area contributed by atoms with Crippen molar-refractivity contribution in [2.24, 2.45) is 0 Å². The molecule has 0 amide bonds. The van der Waals surface area contributed by atoms with Gasteiger partial charge in [-0.25, -0.2) is 14.8 Å². The minimum atomic E-state index is -0.917. The van der Waals surface area contributed by atoms with Gasteiger partial charge in [0.1, 0.15) is 11.4 Å². The lowest BCUT2D eigenvalue weighted by Gasteiger charge is -2.02. The molecule has 0 aliphatic heterocycles. The van der Waals surface area contributed by atoms with Crippen LogP contribution in [-0.2, 0) is 0 Å². The molecule has 3 rings (SSSR count). The van der Waals surface area contributed by atoms with E-state index >= 15 is 0 Å². The highest BCUT2D eigenvalue weighted by atomic mass is 32.2. The average molecular weight is 302 g/mol. The van der Waals surface area contributed by atoms with E-state index in [1.54, 1.807) is 41.9 Å². The van der Waals surface area contributed by atoms with E-state index in [0.29, 0.717) is 0 Å². The zero-order valence-electron chi connectivity index (χ0n) is 10.5. The van der Waals surface area contributed by atoms with Crippen molar-refractivity contribution in [3.63, 3.8) is 0 Å². The van der Waals surface area contributed by atoms with Crippen LogP contribution in [0.25, 0.3) is 10.2 Å². The molecule has 0 fully saturated rings. The Balaban J connectivity index is 1.95. The second-order valence-corrected chi connectivity index (χ2v) is 6.15. The Kier molecular flexibility index (Phi) is 3.42. The zero-order chi connectivity index (χ0) is 14.1. The molecular weight excluding hydrogens is 292 g/mol. The zero-order valence-corrected chi connectivity index (χ0v) is 12.2. The van der Waals surface area contributed by atoms with Gasteiger partial charge in [0, 0.05) is 4.90 Å². The maximum absolute atomic E-state index is 10.8. The van der Waals surface area contributed by atoms with Gasteiger partial charge in [-0.2, -0.15) is 0 Å². The van der Waals surface area contributed by atoms with Crippen LogP contribution in [0.3, 0.4) is 0 Å². The van der Waals surface area contributed by atoms with Crippen LogP contribution in [0.2, 0.25) is 0 Å². The lowest BCUT2D eigenvalue weighted by Crippen LogP contribution is -1.94. The molecule has 100 valence electrons. The van der Waals surface area contributed by atoms with Gasteiger partial charge in [-0.1, -0.05) is 11.8 Å². The molecule has 20 heavy (non-hydrogen) atoms. The van der Waals surface area contributed by atoms with E-state index in [-0.39, 0.29) is 5.56 Å². The number of rotatable bonds is 3. The van der Waals surface area contributed by atoms with E-state index in [1.165, 1.54) is 11.8 Å². The molecule has 0 aliphatic rings. The summed E-state index contributed by atoms with van der Waals surface area (Å²) in [6, 6.07) is 6.79. The van der Waals surface area contributed by atoms with Crippen molar-refractivity contribution in [1.82, 2.24) is 9.97 Å². The second kappa shape index (κ2) is 5.22. The number of carbonyl (C=O) groups is 1. The number of hydrogen-bond acceptors (Lipinski definition) is 5. The first-order chi connectivity index (χ1) is 9.65. The van der Waals surface area contributed by atoms with Crippen molar-refractivity contribution in [2.45, 2.75) is 16.8 Å². The maximum atomic E-state index is 10.8. The van der Waals surface area contributed by atoms with Gasteiger partial charge in [0.25, 0.3) is 0 Å². The third-order valence-electron chi connectivity index (χ3n) is 2.81. The molecule has 6 heteroatoms. The topological polar surface area (TPSA) is 63.1 Å². The first-order valence-corrected chi connectivity index (χ1v) is 7.55. The average Bonchev–Trinajstić information content (AvgIpc) is 2.82. The molecule has 1 aromatic carbocycles. The molecule has 4 nitrogen and oxygen atoms in total. The summed E-state index contributed by atoms with van der Waals surface area (Å²) in [5.74, 6) is -0.917. The van der Waals surface area contributed by atoms with Crippen LogP contribution in [0, 0.1) is 6.92 Å². The summed E-state index contributed by atoms with van der Waals surface area (Å²) in [7, 11) is 0. The first-order valence-electron chi connectivity index (χ1n) is 5.85. The monoisotopic (exact) mass is 302 g/mol. The number of aryl methyl sites for hydroxylation is 1. The van der Waals surface area contributed by atoms with E-state index in [9.17, 15) is 4.79 Å². The summed E-state index contributed by atoms with van der Waals surface area (Å²) < 4.78 is 1.07. The molecule has 0 unspecified atom stereocenters. The minimum absolute atomic E-state index is 0.286. The van der Waals surface area contributed by atoms with Gasteiger partial charge in [0.05, 0.1) is 15.8 Å². The Morgan fingerprint density at radius 3 is 2.70 bits per heavy atom. The standard InChI is InChI=1S/C14H10N2O2S2/c1-8-6-19-12-11(8)15-7-16-13(12)20-10-4-2-9(3-5-10)14(17)18/h2-7H,1H3,(H,17,18). The molecule has 0 atom stereocenters. The number of thiophene rings is 1. The Morgan fingerprint density at radius 2 is 2.00 bits per heavy atom. The number of carboxylic acid groups (broad SMARTS) is 1.